The summed E-state index contributed by atoms with van der Waals surface area (Å²) in [6.45, 7) is 1.73. The highest BCUT2D eigenvalue weighted by atomic mass is 79.9. The maximum atomic E-state index is 5.69. The molecule has 1 saturated heterocycles. The molecule has 1 heterocycles. The van der Waals surface area contributed by atoms with E-state index in [1.165, 1.54) is 12.8 Å². The third-order valence-corrected chi connectivity index (χ3v) is 3.45. The zero-order chi connectivity index (χ0) is 12.1. The highest BCUT2D eigenvalue weighted by molar-refractivity contribution is 9.10. The first-order chi connectivity index (χ1) is 8.29. The predicted octanol–water partition coefficient (Wildman–Crippen LogP) is 3.44. The average molecular weight is 300 g/mol. The quantitative estimate of drug-likeness (QED) is 0.924. The Hall–Kier alpha value is -0.740. The Morgan fingerprint density at radius 3 is 3.06 bits per heavy atom. The molecule has 1 aliphatic rings. The zero-order valence-electron chi connectivity index (χ0n) is 10.0. The smallest absolute Gasteiger partial charge is 0.142 e. The van der Waals surface area contributed by atoms with Crippen molar-refractivity contribution in [3.8, 4) is 5.75 Å². The molecule has 4 heteroatoms. The van der Waals surface area contributed by atoms with Gasteiger partial charge in [-0.1, -0.05) is 15.9 Å². The van der Waals surface area contributed by atoms with Gasteiger partial charge in [-0.2, -0.15) is 0 Å². The van der Waals surface area contributed by atoms with Crippen LogP contribution in [-0.4, -0.2) is 26.4 Å². The summed E-state index contributed by atoms with van der Waals surface area (Å²) >= 11 is 3.46. The van der Waals surface area contributed by atoms with Crippen LogP contribution in [0.2, 0.25) is 0 Å². The first-order valence-electron chi connectivity index (χ1n) is 5.98. The predicted molar refractivity (Wildman–Crippen MR) is 72.8 cm³/mol. The number of rotatable bonds is 4. The van der Waals surface area contributed by atoms with Gasteiger partial charge in [0.1, 0.15) is 5.75 Å². The van der Waals surface area contributed by atoms with Crippen LogP contribution in [0.4, 0.5) is 5.69 Å². The molecule has 0 radical (unpaired) electrons. The molecule has 1 aromatic carbocycles. The fourth-order valence-electron chi connectivity index (χ4n) is 2.01. The van der Waals surface area contributed by atoms with E-state index in [4.69, 9.17) is 9.47 Å². The molecule has 94 valence electrons. The van der Waals surface area contributed by atoms with E-state index in [0.717, 1.165) is 35.5 Å². The summed E-state index contributed by atoms with van der Waals surface area (Å²) in [5.41, 5.74) is 1.01. The standard InChI is InChI=1S/C13H18BrNO2/c1-16-13-6-5-10(14)8-12(13)15-9-11-4-2-3-7-17-11/h5-6,8,11,15H,2-4,7,9H2,1H3. The van der Waals surface area contributed by atoms with Crippen molar-refractivity contribution >= 4 is 21.6 Å². The normalized spacial score (nSPS) is 20.0. The molecule has 3 nitrogen and oxygen atoms in total. The Balaban J connectivity index is 1.95. The number of anilines is 1. The van der Waals surface area contributed by atoms with E-state index in [0.29, 0.717) is 6.10 Å². The molecule has 0 amide bonds. The van der Waals surface area contributed by atoms with Crippen molar-refractivity contribution in [3.63, 3.8) is 0 Å². The Labute approximate surface area is 111 Å². The second-order valence-corrected chi connectivity index (χ2v) is 5.13. The highest BCUT2D eigenvalue weighted by Crippen LogP contribution is 2.28. The number of nitrogens with one attached hydrogen (secondary N) is 1. The van der Waals surface area contributed by atoms with E-state index < -0.39 is 0 Å². The molecular formula is C13H18BrNO2. The molecule has 1 aliphatic heterocycles. The number of ether oxygens (including phenoxy) is 2. The third kappa shape index (κ3) is 3.61. The summed E-state index contributed by atoms with van der Waals surface area (Å²) in [6, 6.07) is 5.96. The summed E-state index contributed by atoms with van der Waals surface area (Å²) < 4.78 is 12.1. The maximum absolute atomic E-state index is 5.69. The lowest BCUT2D eigenvalue weighted by molar-refractivity contribution is 0.0247. The fraction of sp³-hybridized carbons (Fsp3) is 0.538. The molecule has 1 N–H and O–H groups in total. The number of hydrogen-bond donors (Lipinski definition) is 1. The van der Waals surface area contributed by atoms with Gasteiger partial charge in [0.05, 0.1) is 18.9 Å². The maximum Gasteiger partial charge on any atom is 0.142 e. The molecule has 0 aromatic heterocycles. The highest BCUT2D eigenvalue weighted by Gasteiger charge is 2.14. The molecular weight excluding hydrogens is 282 g/mol. The van der Waals surface area contributed by atoms with Gasteiger partial charge in [0.2, 0.25) is 0 Å². The fourth-order valence-corrected chi connectivity index (χ4v) is 2.37. The third-order valence-electron chi connectivity index (χ3n) is 2.96. The molecule has 0 spiro atoms. The van der Waals surface area contributed by atoms with Crippen LogP contribution in [0.25, 0.3) is 0 Å². The Bertz CT molecular complexity index is 364. The summed E-state index contributed by atoms with van der Waals surface area (Å²) in [5, 5.41) is 3.39. The summed E-state index contributed by atoms with van der Waals surface area (Å²) in [7, 11) is 1.69. The van der Waals surface area contributed by atoms with Crippen molar-refractivity contribution in [1.29, 1.82) is 0 Å². The first kappa shape index (κ1) is 12.7. The monoisotopic (exact) mass is 299 g/mol. The van der Waals surface area contributed by atoms with Crippen LogP contribution in [0.1, 0.15) is 19.3 Å². The SMILES string of the molecule is COc1ccc(Br)cc1NCC1CCCCO1. The van der Waals surface area contributed by atoms with Gasteiger partial charge in [0.25, 0.3) is 0 Å². The van der Waals surface area contributed by atoms with Gasteiger partial charge in [0.15, 0.2) is 0 Å². The van der Waals surface area contributed by atoms with Gasteiger partial charge in [-0.15, -0.1) is 0 Å². The Morgan fingerprint density at radius 1 is 1.47 bits per heavy atom. The van der Waals surface area contributed by atoms with E-state index >= 15 is 0 Å². The van der Waals surface area contributed by atoms with Crippen LogP contribution >= 0.6 is 15.9 Å². The topological polar surface area (TPSA) is 30.5 Å². The molecule has 0 saturated carbocycles. The number of benzene rings is 1. The summed E-state index contributed by atoms with van der Waals surface area (Å²) in [5.74, 6) is 0.865. The number of hydrogen-bond acceptors (Lipinski definition) is 3. The van der Waals surface area contributed by atoms with Gasteiger partial charge in [-0.25, -0.2) is 0 Å². The molecule has 1 atom stereocenters. The van der Waals surface area contributed by atoms with Crippen LogP contribution in [0.15, 0.2) is 22.7 Å². The van der Waals surface area contributed by atoms with E-state index in [1.807, 2.05) is 18.2 Å². The molecule has 0 aliphatic carbocycles. The summed E-state index contributed by atoms with van der Waals surface area (Å²) in [6.07, 6.45) is 3.93. The molecule has 1 unspecified atom stereocenters. The van der Waals surface area contributed by atoms with Crippen LogP contribution in [0.3, 0.4) is 0 Å². The second-order valence-electron chi connectivity index (χ2n) is 4.21. The van der Waals surface area contributed by atoms with E-state index in [-0.39, 0.29) is 0 Å². The lowest BCUT2D eigenvalue weighted by Gasteiger charge is -2.23. The molecule has 17 heavy (non-hydrogen) atoms. The van der Waals surface area contributed by atoms with Gasteiger partial charge >= 0.3 is 0 Å². The van der Waals surface area contributed by atoms with E-state index in [2.05, 4.69) is 21.2 Å². The van der Waals surface area contributed by atoms with Crippen LogP contribution < -0.4 is 10.1 Å². The average Bonchev–Trinajstić information content (AvgIpc) is 2.38. The van der Waals surface area contributed by atoms with Gasteiger partial charge in [-0.3, -0.25) is 0 Å². The van der Waals surface area contributed by atoms with Crippen molar-refractivity contribution in [2.24, 2.45) is 0 Å². The van der Waals surface area contributed by atoms with Crippen molar-refractivity contribution in [3.05, 3.63) is 22.7 Å². The minimum Gasteiger partial charge on any atom is -0.495 e. The van der Waals surface area contributed by atoms with Crippen LogP contribution in [0, 0.1) is 0 Å². The minimum absolute atomic E-state index is 0.326. The first-order valence-corrected chi connectivity index (χ1v) is 6.78. The van der Waals surface area contributed by atoms with Crippen molar-refractivity contribution in [2.45, 2.75) is 25.4 Å². The van der Waals surface area contributed by atoms with Crippen molar-refractivity contribution < 1.29 is 9.47 Å². The molecule has 2 rings (SSSR count). The zero-order valence-corrected chi connectivity index (χ0v) is 11.6. The Kier molecular flexibility index (Phi) is 4.68. The Morgan fingerprint density at radius 2 is 2.35 bits per heavy atom. The lowest BCUT2D eigenvalue weighted by atomic mass is 10.1. The largest absolute Gasteiger partial charge is 0.495 e. The van der Waals surface area contributed by atoms with E-state index in [9.17, 15) is 0 Å². The van der Waals surface area contributed by atoms with Crippen LogP contribution in [-0.2, 0) is 4.74 Å². The molecule has 1 fully saturated rings. The number of halogens is 1. The van der Waals surface area contributed by atoms with E-state index in [1.54, 1.807) is 7.11 Å². The van der Waals surface area contributed by atoms with Crippen molar-refractivity contribution in [1.82, 2.24) is 0 Å². The number of methoxy groups -OCH3 is 1. The van der Waals surface area contributed by atoms with Crippen molar-refractivity contribution in [2.75, 3.05) is 25.6 Å². The van der Waals surface area contributed by atoms with Crippen LogP contribution in [0.5, 0.6) is 5.75 Å². The van der Waals surface area contributed by atoms with Gasteiger partial charge in [-0.05, 0) is 37.5 Å². The molecule has 0 bridgehead atoms. The second kappa shape index (κ2) is 6.26. The molecule has 1 aromatic rings. The summed E-state index contributed by atoms with van der Waals surface area (Å²) in [4.78, 5) is 0. The van der Waals surface area contributed by atoms with Gasteiger partial charge in [0, 0.05) is 17.6 Å². The minimum atomic E-state index is 0.326. The van der Waals surface area contributed by atoms with Gasteiger partial charge < -0.3 is 14.8 Å². The lowest BCUT2D eigenvalue weighted by Crippen LogP contribution is -2.27.